The number of hydrogen-bond acceptors (Lipinski definition) is 3. The molecule has 0 aromatic heterocycles. The van der Waals surface area contributed by atoms with E-state index in [4.69, 9.17) is 0 Å². The highest BCUT2D eigenvalue weighted by Gasteiger charge is 2.38. The van der Waals surface area contributed by atoms with Gasteiger partial charge in [-0.1, -0.05) is 20.3 Å². The third kappa shape index (κ3) is 4.78. The molecule has 1 aliphatic rings. The van der Waals surface area contributed by atoms with Crippen molar-refractivity contribution in [3.63, 3.8) is 0 Å². The summed E-state index contributed by atoms with van der Waals surface area (Å²) in [7, 11) is 2.22. The Hall–Kier alpha value is -0.590. The molecule has 19 heavy (non-hydrogen) atoms. The van der Waals surface area contributed by atoms with E-state index in [-0.39, 0.29) is 5.54 Å². The molecule has 0 amide bonds. The molecule has 0 heterocycles. The maximum Gasteiger partial charge on any atom is 0.108 e. The highest BCUT2D eigenvalue weighted by atomic mass is 15.1. The number of hydrogen-bond donors (Lipinski definition) is 1. The molecule has 1 aliphatic carbocycles. The first-order valence-electron chi connectivity index (χ1n) is 7.81. The van der Waals surface area contributed by atoms with Gasteiger partial charge in [-0.25, -0.2) is 0 Å². The Morgan fingerprint density at radius 3 is 2.63 bits per heavy atom. The first-order chi connectivity index (χ1) is 8.92. The highest BCUT2D eigenvalue weighted by molar-refractivity contribution is 5.11. The summed E-state index contributed by atoms with van der Waals surface area (Å²) < 4.78 is 0. The average molecular weight is 265 g/mol. The van der Waals surface area contributed by atoms with Crippen molar-refractivity contribution < 1.29 is 0 Å². The minimum Gasteiger partial charge on any atom is -0.303 e. The van der Waals surface area contributed by atoms with Crippen LogP contribution in [0.25, 0.3) is 0 Å². The van der Waals surface area contributed by atoms with E-state index in [1.165, 1.54) is 12.8 Å². The van der Waals surface area contributed by atoms with Crippen LogP contribution in [-0.4, -0.2) is 36.1 Å². The zero-order valence-corrected chi connectivity index (χ0v) is 13.4. The fourth-order valence-corrected chi connectivity index (χ4v) is 3.21. The van der Waals surface area contributed by atoms with E-state index in [2.05, 4.69) is 51.0 Å². The van der Waals surface area contributed by atoms with Gasteiger partial charge in [-0.15, -0.1) is 0 Å². The Labute approximate surface area is 119 Å². The molecule has 0 aromatic carbocycles. The monoisotopic (exact) mass is 265 g/mol. The van der Waals surface area contributed by atoms with Gasteiger partial charge in [0.1, 0.15) is 5.54 Å². The van der Waals surface area contributed by atoms with Crippen LogP contribution in [0.15, 0.2) is 0 Å². The summed E-state index contributed by atoms with van der Waals surface area (Å²) in [5.41, 5.74) is -0.305. The van der Waals surface area contributed by atoms with Crippen LogP contribution in [0.5, 0.6) is 0 Å². The summed E-state index contributed by atoms with van der Waals surface area (Å²) in [6.45, 7) is 9.96. The van der Waals surface area contributed by atoms with E-state index in [1.54, 1.807) is 0 Å². The van der Waals surface area contributed by atoms with Crippen LogP contribution in [-0.2, 0) is 0 Å². The Bertz CT molecular complexity index is 308. The maximum atomic E-state index is 9.59. The van der Waals surface area contributed by atoms with Crippen molar-refractivity contribution >= 4 is 0 Å². The standard InChI is InChI=1S/C16H31N3/c1-6-14(4)11-19(5)15-8-7-9-16(10-15,12-17)18-13(2)3/h13-15,18H,6-11H2,1-5H3. The molecule has 1 rings (SSSR count). The molecular weight excluding hydrogens is 234 g/mol. The topological polar surface area (TPSA) is 39.1 Å². The second kappa shape index (κ2) is 7.26. The first-order valence-corrected chi connectivity index (χ1v) is 7.81. The van der Waals surface area contributed by atoms with Crippen molar-refractivity contribution in [2.45, 2.75) is 77.4 Å². The molecule has 110 valence electrons. The van der Waals surface area contributed by atoms with Crippen molar-refractivity contribution in [3.8, 4) is 6.07 Å². The van der Waals surface area contributed by atoms with E-state index in [9.17, 15) is 5.26 Å². The zero-order chi connectivity index (χ0) is 14.5. The average Bonchev–Trinajstić information content (AvgIpc) is 2.38. The second-order valence-corrected chi connectivity index (χ2v) is 6.70. The van der Waals surface area contributed by atoms with E-state index in [0.29, 0.717) is 12.1 Å². The van der Waals surface area contributed by atoms with Crippen LogP contribution in [0.4, 0.5) is 0 Å². The first kappa shape index (κ1) is 16.5. The lowest BCUT2D eigenvalue weighted by atomic mass is 9.79. The van der Waals surface area contributed by atoms with E-state index >= 15 is 0 Å². The molecule has 0 radical (unpaired) electrons. The van der Waals surface area contributed by atoms with Crippen molar-refractivity contribution in [1.29, 1.82) is 5.26 Å². The van der Waals surface area contributed by atoms with E-state index in [1.807, 2.05) is 0 Å². The third-order valence-corrected chi connectivity index (χ3v) is 4.42. The molecule has 1 saturated carbocycles. The minimum absolute atomic E-state index is 0.305. The molecule has 0 aromatic rings. The second-order valence-electron chi connectivity index (χ2n) is 6.70. The van der Waals surface area contributed by atoms with Crippen LogP contribution in [0.3, 0.4) is 0 Å². The largest absolute Gasteiger partial charge is 0.303 e. The lowest BCUT2D eigenvalue weighted by molar-refractivity contribution is 0.126. The lowest BCUT2D eigenvalue weighted by Crippen LogP contribution is -2.54. The number of nitrogens with zero attached hydrogens (tertiary/aromatic N) is 2. The molecule has 0 aliphatic heterocycles. The van der Waals surface area contributed by atoms with Gasteiger partial charge >= 0.3 is 0 Å². The fourth-order valence-electron chi connectivity index (χ4n) is 3.21. The summed E-state index contributed by atoms with van der Waals surface area (Å²) in [6, 6.07) is 3.49. The van der Waals surface area contributed by atoms with Crippen molar-refractivity contribution in [1.82, 2.24) is 10.2 Å². The zero-order valence-electron chi connectivity index (χ0n) is 13.4. The van der Waals surface area contributed by atoms with Gasteiger partial charge in [0.15, 0.2) is 0 Å². The van der Waals surface area contributed by atoms with E-state index in [0.717, 1.165) is 31.7 Å². The molecule has 1 N–H and O–H groups in total. The Kier molecular flexibility index (Phi) is 6.29. The SMILES string of the molecule is CCC(C)CN(C)C1CCCC(C#N)(NC(C)C)C1. The summed E-state index contributed by atoms with van der Waals surface area (Å²) in [4.78, 5) is 2.47. The summed E-state index contributed by atoms with van der Waals surface area (Å²) >= 11 is 0. The van der Waals surface area contributed by atoms with Gasteiger partial charge in [-0.2, -0.15) is 5.26 Å². The van der Waals surface area contributed by atoms with E-state index < -0.39 is 0 Å². The molecule has 3 atom stereocenters. The van der Waals surface area contributed by atoms with Crippen LogP contribution in [0.2, 0.25) is 0 Å². The van der Waals surface area contributed by atoms with Gasteiger partial charge in [0.05, 0.1) is 6.07 Å². The smallest absolute Gasteiger partial charge is 0.108 e. The van der Waals surface area contributed by atoms with Crippen molar-refractivity contribution in [2.24, 2.45) is 5.92 Å². The van der Waals surface area contributed by atoms with Crippen molar-refractivity contribution in [2.75, 3.05) is 13.6 Å². The Balaban J connectivity index is 2.64. The lowest BCUT2D eigenvalue weighted by Gasteiger charge is -2.42. The number of nitriles is 1. The van der Waals surface area contributed by atoms with Crippen LogP contribution in [0.1, 0.15) is 59.8 Å². The predicted molar refractivity (Wildman–Crippen MR) is 81.0 cm³/mol. The molecule has 3 nitrogen and oxygen atoms in total. The summed E-state index contributed by atoms with van der Waals surface area (Å²) in [6.07, 6.45) is 5.58. The molecule has 3 unspecified atom stereocenters. The Morgan fingerprint density at radius 1 is 1.42 bits per heavy atom. The molecule has 3 heteroatoms. The van der Waals surface area contributed by atoms with Gasteiger partial charge in [0.25, 0.3) is 0 Å². The molecular formula is C16H31N3. The van der Waals surface area contributed by atoms with Gasteiger partial charge in [0, 0.05) is 18.6 Å². The van der Waals surface area contributed by atoms with Gasteiger partial charge in [0.2, 0.25) is 0 Å². The quantitative estimate of drug-likeness (QED) is 0.802. The fraction of sp³-hybridized carbons (Fsp3) is 0.938. The van der Waals surface area contributed by atoms with Crippen molar-refractivity contribution in [3.05, 3.63) is 0 Å². The molecule has 0 bridgehead atoms. The van der Waals surface area contributed by atoms with Crippen LogP contribution < -0.4 is 5.32 Å². The summed E-state index contributed by atoms with van der Waals surface area (Å²) in [5, 5.41) is 13.1. The van der Waals surface area contributed by atoms with Gasteiger partial charge in [-0.3, -0.25) is 5.32 Å². The third-order valence-electron chi connectivity index (χ3n) is 4.42. The maximum absolute atomic E-state index is 9.59. The normalized spacial score (nSPS) is 29.5. The minimum atomic E-state index is -0.305. The Morgan fingerprint density at radius 2 is 2.11 bits per heavy atom. The molecule has 0 saturated heterocycles. The van der Waals surface area contributed by atoms with Gasteiger partial charge in [-0.05, 0) is 52.5 Å². The number of nitrogens with one attached hydrogen (secondary N) is 1. The molecule has 0 spiro atoms. The number of rotatable bonds is 6. The summed E-state index contributed by atoms with van der Waals surface area (Å²) in [5.74, 6) is 0.737. The predicted octanol–water partition coefficient (Wildman–Crippen LogP) is 3.17. The van der Waals surface area contributed by atoms with Gasteiger partial charge < -0.3 is 4.90 Å². The van der Waals surface area contributed by atoms with Crippen LogP contribution >= 0.6 is 0 Å². The molecule has 1 fully saturated rings. The van der Waals surface area contributed by atoms with Crippen LogP contribution in [0, 0.1) is 17.2 Å². The highest BCUT2D eigenvalue weighted by Crippen LogP contribution is 2.31.